The van der Waals surface area contributed by atoms with E-state index in [0.717, 1.165) is 11.6 Å². The molecule has 104 valence electrons. The van der Waals surface area contributed by atoms with E-state index in [0.29, 0.717) is 6.04 Å². The van der Waals surface area contributed by atoms with Gasteiger partial charge in [0.1, 0.15) is 0 Å². The maximum atomic E-state index is 4.25. The average Bonchev–Trinajstić information content (AvgIpc) is 2.96. The van der Waals surface area contributed by atoms with Crippen molar-refractivity contribution >= 4 is 27.3 Å². The van der Waals surface area contributed by atoms with E-state index < -0.39 is 0 Å². The molecule has 20 heavy (non-hydrogen) atoms. The molecule has 3 nitrogen and oxygen atoms in total. The van der Waals surface area contributed by atoms with Crippen LogP contribution in [0.3, 0.4) is 0 Å². The number of benzene rings is 1. The lowest BCUT2D eigenvalue weighted by Crippen LogP contribution is -2.55. The highest BCUT2D eigenvalue weighted by molar-refractivity contribution is 7.13. The van der Waals surface area contributed by atoms with E-state index in [1.165, 1.54) is 48.1 Å². The molecule has 3 aliphatic heterocycles. The highest BCUT2D eigenvalue weighted by Crippen LogP contribution is 2.29. The Morgan fingerprint density at radius 2 is 2.20 bits per heavy atom. The van der Waals surface area contributed by atoms with E-state index in [1.807, 2.05) is 6.20 Å². The van der Waals surface area contributed by atoms with Crippen LogP contribution in [-0.2, 0) is 0 Å². The molecule has 1 N–H and O–H groups in total. The molecule has 0 radical (unpaired) electrons. The number of hydrogen-bond acceptors (Lipinski definition) is 4. The zero-order valence-corrected chi connectivity index (χ0v) is 12.3. The third kappa shape index (κ3) is 2.13. The molecule has 1 atom stereocenters. The number of piperidine rings is 3. The minimum absolute atomic E-state index is 0.571. The fourth-order valence-corrected chi connectivity index (χ4v) is 4.12. The van der Waals surface area contributed by atoms with Crippen molar-refractivity contribution in [2.75, 3.05) is 19.6 Å². The molecule has 2 bridgehead atoms. The van der Waals surface area contributed by atoms with Crippen LogP contribution in [-0.4, -0.2) is 34.9 Å². The molecule has 5 rings (SSSR count). The van der Waals surface area contributed by atoms with Gasteiger partial charge in [-0.2, -0.15) is 4.37 Å². The molecule has 2 aromatic rings. The number of nitrogens with zero attached hydrogens (tertiary/aromatic N) is 2. The van der Waals surface area contributed by atoms with Crippen LogP contribution in [0.15, 0.2) is 31.0 Å². The van der Waals surface area contributed by atoms with Crippen molar-refractivity contribution in [2.45, 2.75) is 18.9 Å². The summed E-state index contributed by atoms with van der Waals surface area (Å²) < 4.78 is 5.47. The van der Waals surface area contributed by atoms with Crippen molar-refractivity contribution < 1.29 is 0 Å². The summed E-state index contributed by atoms with van der Waals surface area (Å²) in [4.78, 5) is 2.57. The van der Waals surface area contributed by atoms with Gasteiger partial charge in [0.05, 0.1) is 4.70 Å². The Hall–Kier alpha value is -1.39. The summed E-state index contributed by atoms with van der Waals surface area (Å²) in [6.07, 6.45) is 4.60. The molecule has 4 heterocycles. The minimum atomic E-state index is 0.571. The van der Waals surface area contributed by atoms with Crippen molar-refractivity contribution in [3.05, 3.63) is 36.5 Å². The Labute approximate surface area is 123 Å². The first kappa shape index (κ1) is 12.4. The van der Waals surface area contributed by atoms with Gasteiger partial charge in [-0.1, -0.05) is 12.6 Å². The second-order valence-corrected chi connectivity index (χ2v) is 6.78. The second kappa shape index (κ2) is 4.86. The number of nitrogens with one attached hydrogen (secondary N) is 1. The molecule has 0 amide bonds. The van der Waals surface area contributed by atoms with Crippen LogP contribution >= 0.6 is 11.5 Å². The molecular formula is C16H19N3S. The number of fused-ring (bicyclic) bond motifs is 4. The highest BCUT2D eigenvalue weighted by atomic mass is 32.1. The fourth-order valence-electron chi connectivity index (χ4n) is 3.50. The summed E-state index contributed by atoms with van der Waals surface area (Å²) in [7, 11) is 0. The molecular weight excluding hydrogens is 266 g/mol. The number of hydrogen-bond donors (Lipinski definition) is 1. The highest BCUT2D eigenvalue weighted by Gasteiger charge is 2.34. The number of rotatable bonds is 3. The van der Waals surface area contributed by atoms with Gasteiger partial charge in [0, 0.05) is 29.9 Å². The zero-order valence-electron chi connectivity index (χ0n) is 11.5. The van der Waals surface area contributed by atoms with Crippen LogP contribution in [0.1, 0.15) is 18.4 Å². The quantitative estimate of drug-likeness (QED) is 0.940. The fraction of sp³-hybridized carbons (Fsp3) is 0.438. The van der Waals surface area contributed by atoms with Crippen molar-refractivity contribution in [3.8, 4) is 0 Å². The lowest BCUT2D eigenvalue weighted by atomic mass is 9.84. The predicted octanol–water partition coefficient (Wildman–Crippen LogP) is 2.95. The monoisotopic (exact) mass is 285 g/mol. The van der Waals surface area contributed by atoms with Crippen LogP contribution in [0.4, 0.5) is 0 Å². The SMILES string of the molecule is C=C(NC1CN2CCC1CC2)c1ccc2sncc2c1. The van der Waals surface area contributed by atoms with Crippen LogP contribution in [0.25, 0.3) is 15.8 Å². The standard InChI is InChI=1S/C16H19N3S/c1-11(13-2-3-16-14(8-13)9-17-20-16)18-15-10-19-6-4-12(15)5-7-19/h2-3,8-9,12,15,18H,1,4-7,10H2. The van der Waals surface area contributed by atoms with Crippen LogP contribution in [0.2, 0.25) is 0 Å². The van der Waals surface area contributed by atoms with E-state index in [1.54, 1.807) is 11.5 Å². The van der Waals surface area contributed by atoms with Crippen LogP contribution in [0.5, 0.6) is 0 Å². The summed E-state index contributed by atoms with van der Waals surface area (Å²) in [5.74, 6) is 0.822. The maximum absolute atomic E-state index is 4.25. The van der Waals surface area contributed by atoms with E-state index in [9.17, 15) is 0 Å². The molecule has 3 aliphatic rings. The topological polar surface area (TPSA) is 28.2 Å². The molecule has 3 fully saturated rings. The number of aromatic nitrogens is 1. The molecule has 0 saturated carbocycles. The summed E-state index contributed by atoms with van der Waals surface area (Å²) in [6.45, 7) is 7.98. The van der Waals surface area contributed by atoms with E-state index in [2.05, 4.69) is 39.4 Å². The Bertz CT molecular complexity index is 640. The van der Waals surface area contributed by atoms with Gasteiger partial charge in [0.25, 0.3) is 0 Å². The third-order valence-corrected chi connectivity index (χ3v) is 5.50. The maximum Gasteiger partial charge on any atom is 0.0550 e. The molecule has 0 spiro atoms. The predicted molar refractivity (Wildman–Crippen MR) is 84.7 cm³/mol. The van der Waals surface area contributed by atoms with Crippen molar-refractivity contribution in [3.63, 3.8) is 0 Å². The van der Waals surface area contributed by atoms with Gasteiger partial charge in [0.15, 0.2) is 0 Å². The lowest BCUT2D eigenvalue weighted by molar-refractivity contribution is 0.0801. The minimum Gasteiger partial charge on any atom is -0.381 e. The van der Waals surface area contributed by atoms with Gasteiger partial charge in [-0.3, -0.25) is 0 Å². The summed E-state index contributed by atoms with van der Waals surface area (Å²) in [5.41, 5.74) is 2.24. The average molecular weight is 285 g/mol. The van der Waals surface area contributed by atoms with E-state index in [-0.39, 0.29) is 0 Å². The molecule has 4 heteroatoms. The van der Waals surface area contributed by atoms with Crippen LogP contribution in [0, 0.1) is 5.92 Å². The van der Waals surface area contributed by atoms with Gasteiger partial charge >= 0.3 is 0 Å². The Balaban J connectivity index is 1.52. The van der Waals surface area contributed by atoms with Gasteiger partial charge in [-0.05, 0) is 61.1 Å². The molecule has 1 unspecified atom stereocenters. The first-order valence-corrected chi connectivity index (χ1v) is 8.09. The summed E-state index contributed by atoms with van der Waals surface area (Å²) >= 11 is 1.55. The molecule has 1 aromatic carbocycles. The first-order chi connectivity index (χ1) is 9.79. The molecule has 0 aliphatic carbocycles. The zero-order chi connectivity index (χ0) is 13.5. The van der Waals surface area contributed by atoms with Crippen molar-refractivity contribution in [2.24, 2.45) is 5.92 Å². The van der Waals surface area contributed by atoms with Gasteiger partial charge < -0.3 is 10.2 Å². The Morgan fingerprint density at radius 1 is 1.35 bits per heavy atom. The van der Waals surface area contributed by atoms with Crippen molar-refractivity contribution in [1.29, 1.82) is 0 Å². The second-order valence-electron chi connectivity index (χ2n) is 5.95. The summed E-state index contributed by atoms with van der Waals surface area (Å²) in [6, 6.07) is 7.06. The molecule has 1 aromatic heterocycles. The van der Waals surface area contributed by atoms with Gasteiger partial charge in [-0.15, -0.1) is 0 Å². The smallest absolute Gasteiger partial charge is 0.0550 e. The van der Waals surface area contributed by atoms with E-state index >= 15 is 0 Å². The Morgan fingerprint density at radius 3 is 2.95 bits per heavy atom. The van der Waals surface area contributed by atoms with Gasteiger partial charge in [0.2, 0.25) is 0 Å². The normalized spacial score (nSPS) is 28.7. The van der Waals surface area contributed by atoms with E-state index in [4.69, 9.17) is 0 Å². The largest absolute Gasteiger partial charge is 0.381 e. The lowest BCUT2D eigenvalue weighted by Gasteiger charge is -2.45. The van der Waals surface area contributed by atoms with Crippen molar-refractivity contribution in [1.82, 2.24) is 14.6 Å². The molecule has 3 saturated heterocycles. The third-order valence-electron chi connectivity index (χ3n) is 4.72. The summed E-state index contributed by atoms with van der Waals surface area (Å²) in [5, 5.41) is 4.88. The first-order valence-electron chi connectivity index (χ1n) is 7.32. The van der Waals surface area contributed by atoms with Gasteiger partial charge in [-0.25, -0.2) is 0 Å². The Kier molecular flexibility index (Phi) is 3.00. The van der Waals surface area contributed by atoms with Crippen LogP contribution < -0.4 is 5.32 Å².